The largest absolute Gasteiger partial charge is 0.472 e. The molecular weight excluding hydrogens is 719 g/mol. The van der Waals surface area contributed by atoms with Gasteiger partial charge in [0.25, 0.3) is 0 Å². The van der Waals surface area contributed by atoms with E-state index in [2.05, 4.69) is 98.9 Å². The van der Waals surface area contributed by atoms with Crippen LogP contribution in [0.15, 0.2) is 85.1 Å². The summed E-state index contributed by atoms with van der Waals surface area (Å²) in [6, 6.07) is 0. The Kier molecular flexibility index (Phi) is 37.3. The van der Waals surface area contributed by atoms with Gasteiger partial charge in [-0.25, -0.2) is 4.57 Å². The number of esters is 2. The lowest BCUT2D eigenvalue weighted by molar-refractivity contribution is -0.153. The van der Waals surface area contributed by atoms with Crippen LogP contribution in [0.2, 0.25) is 0 Å². The molecule has 0 aliphatic heterocycles. The smallest absolute Gasteiger partial charge is 0.457 e. The van der Waals surface area contributed by atoms with Gasteiger partial charge in [0.05, 0.1) is 26.4 Å². The Balaban J connectivity index is 4.03. The Hall–Kier alpha value is -2.85. The van der Waals surface area contributed by atoms with Crippen LogP contribution in [0.1, 0.15) is 142 Å². The van der Waals surface area contributed by atoms with Crippen molar-refractivity contribution in [3.8, 4) is 0 Å². The number of hydrogen-bond acceptors (Lipinski definition) is 9. The van der Waals surface area contributed by atoms with Gasteiger partial charge < -0.3 is 24.6 Å². The van der Waals surface area contributed by atoms with Crippen molar-refractivity contribution in [3.63, 3.8) is 0 Å². The van der Waals surface area contributed by atoms with Crippen molar-refractivity contribution in [2.75, 3.05) is 26.4 Å². The fraction of sp³-hybridized carbons (Fsp3) is 0.636. The second kappa shape index (κ2) is 39.4. The third kappa shape index (κ3) is 37.8. The zero-order valence-corrected chi connectivity index (χ0v) is 34.7. The lowest BCUT2D eigenvalue weighted by Crippen LogP contribution is -2.28. The monoisotopic (exact) mass is 792 g/mol. The van der Waals surface area contributed by atoms with Crippen LogP contribution >= 0.6 is 7.82 Å². The van der Waals surface area contributed by atoms with Gasteiger partial charge in [0, 0.05) is 12.8 Å². The Morgan fingerprint density at radius 3 is 1.15 bits per heavy atom. The first-order chi connectivity index (χ1) is 26.8. The summed E-state index contributed by atoms with van der Waals surface area (Å²) in [5, 5.41) is 19.1. The molecule has 0 heterocycles. The standard InChI is InChI=1S/C44H73O10P/c1-3-5-7-9-11-13-15-17-19-20-22-24-26-28-30-32-34-36-44(48)54-42(38-46)40-52-55(49,50)51-39-41(37-45)53-43(47)35-33-31-29-27-25-23-21-18-16-14-12-10-8-6-4-2/h5-8,11-14,17-19,21-22,24,41-42,45-46H,3-4,9-10,15-16,20,23,25-40H2,1-2H3,(H,49,50)/b7-5-,8-6-,13-11-,14-12-,19-17-,21-18-,24-22-. The zero-order valence-electron chi connectivity index (χ0n) is 33.9. The quantitative estimate of drug-likeness (QED) is 0.0240. The second-order valence-corrected chi connectivity index (χ2v) is 14.7. The molecule has 11 heteroatoms. The average Bonchev–Trinajstić information content (AvgIpc) is 3.17. The zero-order chi connectivity index (χ0) is 40.5. The molecule has 0 spiro atoms. The fourth-order valence-corrected chi connectivity index (χ4v) is 5.78. The third-order valence-corrected chi connectivity index (χ3v) is 9.05. The molecular formula is C44H73O10P. The van der Waals surface area contributed by atoms with Crippen LogP contribution in [0.25, 0.3) is 0 Å². The molecule has 0 bridgehead atoms. The number of aliphatic hydroxyl groups is 2. The van der Waals surface area contributed by atoms with Gasteiger partial charge in [0.15, 0.2) is 0 Å². The minimum absolute atomic E-state index is 0.158. The highest BCUT2D eigenvalue weighted by Gasteiger charge is 2.27. The van der Waals surface area contributed by atoms with Crippen LogP contribution in [0.4, 0.5) is 0 Å². The fourth-order valence-electron chi connectivity index (χ4n) is 5.00. The van der Waals surface area contributed by atoms with E-state index >= 15 is 0 Å². The van der Waals surface area contributed by atoms with E-state index in [4.69, 9.17) is 18.5 Å². The van der Waals surface area contributed by atoms with Gasteiger partial charge in [-0.1, -0.05) is 131 Å². The molecule has 3 unspecified atom stereocenters. The topological polar surface area (TPSA) is 149 Å². The molecule has 0 aromatic rings. The van der Waals surface area contributed by atoms with Crippen molar-refractivity contribution in [1.82, 2.24) is 0 Å². The molecule has 0 saturated heterocycles. The maximum atomic E-state index is 12.3. The summed E-state index contributed by atoms with van der Waals surface area (Å²) in [4.78, 5) is 34.5. The minimum Gasteiger partial charge on any atom is -0.457 e. The van der Waals surface area contributed by atoms with Crippen molar-refractivity contribution in [2.45, 2.75) is 154 Å². The highest BCUT2D eigenvalue weighted by molar-refractivity contribution is 7.47. The Morgan fingerprint density at radius 2 is 0.800 bits per heavy atom. The Morgan fingerprint density at radius 1 is 0.491 bits per heavy atom. The second-order valence-electron chi connectivity index (χ2n) is 13.2. The number of rotatable bonds is 37. The van der Waals surface area contributed by atoms with E-state index in [9.17, 15) is 29.3 Å². The number of carbonyl (C=O) groups is 2. The molecule has 0 aromatic heterocycles. The van der Waals surface area contributed by atoms with E-state index in [0.29, 0.717) is 12.8 Å². The summed E-state index contributed by atoms with van der Waals surface area (Å²) < 4.78 is 32.5. The van der Waals surface area contributed by atoms with Crippen LogP contribution in [0.3, 0.4) is 0 Å². The van der Waals surface area contributed by atoms with E-state index in [1.807, 2.05) is 0 Å². The van der Waals surface area contributed by atoms with Crippen molar-refractivity contribution in [1.29, 1.82) is 0 Å². The predicted molar refractivity (Wildman–Crippen MR) is 223 cm³/mol. The summed E-state index contributed by atoms with van der Waals surface area (Å²) >= 11 is 0. The lowest BCUT2D eigenvalue weighted by Gasteiger charge is -2.20. The third-order valence-electron chi connectivity index (χ3n) is 8.10. The maximum absolute atomic E-state index is 12.3. The molecule has 0 fully saturated rings. The van der Waals surface area contributed by atoms with Gasteiger partial charge >= 0.3 is 19.8 Å². The molecule has 0 saturated carbocycles. The summed E-state index contributed by atoms with van der Waals surface area (Å²) in [6.07, 6.45) is 45.5. The van der Waals surface area contributed by atoms with Crippen LogP contribution in [0, 0.1) is 0 Å². The van der Waals surface area contributed by atoms with Crippen LogP contribution in [0.5, 0.6) is 0 Å². The average molecular weight is 793 g/mol. The first kappa shape index (κ1) is 52.2. The number of ether oxygens (including phenoxy) is 2. The molecule has 0 radical (unpaired) electrons. The first-order valence-electron chi connectivity index (χ1n) is 20.5. The molecule has 3 atom stereocenters. The van der Waals surface area contributed by atoms with Gasteiger partial charge in [-0.15, -0.1) is 0 Å². The van der Waals surface area contributed by atoms with Crippen molar-refractivity contribution in [2.24, 2.45) is 0 Å². The van der Waals surface area contributed by atoms with Gasteiger partial charge in [-0.2, -0.15) is 0 Å². The number of allylic oxidation sites excluding steroid dienone is 14. The van der Waals surface area contributed by atoms with E-state index in [-0.39, 0.29) is 12.8 Å². The van der Waals surface area contributed by atoms with Gasteiger partial charge in [0.2, 0.25) is 0 Å². The van der Waals surface area contributed by atoms with Gasteiger partial charge in [-0.3, -0.25) is 18.6 Å². The number of carbonyl (C=O) groups excluding carboxylic acids is 2. The predicted octanol–water partition coefficient (Wildman–Crippen LogP) is 10.7. The van der Waals surface area contributed by atoms with Gasteiger partial charge in [-0.05, 0) is 83.5 Å². The van der Waals surface area contributed by atoms with E-state index in [1.54, 1.807) is 0 Å². The highest BCUT2D eigenvalue weighted by atomic mass is 31.2. The molecule has 0 rings (SSSR count). The van der Waals surface area contributed by atoms with Gasteiger partial charge in [0.1, 0.15) is 12.2 Å². The molecule has 3 N–H and O–H groups in total. The number of phosphoric ester groups is 1. The number of unbranched alkanes of at least 4 members (excludes halogenated alkanes) is 9. The molecule has 0 aromatic carbocycles. The molecule has 55 heavy (non-hydrogen) atoms. The van der Waals surface area contributed by atoms with Crippen molar-refractivity contribution < 1.29 is 47.8 Å². The summed E-state index contributed by atoms with van der Waals surface area (Å²) in [7, 11) is -4.65. The normalized spacial score (nSPS) is 14.8. The van der Waals surface area contributed by atoms with Crippen LogP contribution in [-0.4, -0.2) is 65.7 Å². The molecule has 314 valence electrons. The molecule has 0 aliphatic rings. The Bertz CT molecular complexity index is 1190. The molecule has 0 amide bonds. The van der Waals surface area contributed by atoms with Crippen molar-refractivity contribution >= 4 is 19.8 Å². The number of hydrogen-bond donors (Lipinski definition) is 3. The van der Waals surface area contributed by atoms with E-state index < -0.39 is 58.4 Å². The minimum atomic E-state index is -4.65. The Labute approximate surface area is 332 Å². The summed E-state index contributed by atoms with van der Waals surface area (Å²) in [5.74, 6) is -1.07. The summed E-state index contributed by atoms with van der Waals surface area (Å²) in [5.41, 5.74) is 0. The number of phosphoric acid groups is 1. The molecule has 10 nitrogen and oxygen atoms in total. The van der Waals surface area contributed by atoms with Crippen LogP contribution in [-0.2, 0) is 32.7 Å². The van der Waals surface area contributed by atoms with E-state index in [1.165, 1.54) is 0 Å². The highest BCUT2D eigenvalue weighted by Crippen LogP contribution is 2.43. The lowest BCUT2D eigenvalue weighted by atomic mass is 10.1. The van der Waals surface area contributed by atoms with Crippen molar-refractivity contribution in [3.05, 3.63) is 85.1 Å². The number of aliphatic hydroxyl groups excluding tert-OH is 2. The SMILES string of the molecule is CC/C=C\C/C=C\C/C=C\C/C=C\CCCCCCC(=O)OC(CO)COP(=O)(O)OCC(CO)OC(=O)CCCCCCC/C=C\C/C=C\C/C=C\CC. The first-order valence-corrected chi connectivity index (χ1v) is 22.0. The summed E-state index contributed by atoms with van der Waals surface area (Å²) in [6.45, 7) is 1.90. The maximum Gasteiger partial charge on any atom is 0.472 e. The molecule has 0 aliphatic carbocycles. The van der Waals surface area contributed by atoms with Crippen LogP contribution < -0.4 is 0 Å². The van der Waals surface area contributed by atoms with E-state index in [0.717, 1.165) is 103 Å².